The molecule has 4 rings (SSSR count). The van der Waals surface area contributed by atoms with Gasteiger partial charge in [0.25, 0.3) is 11.8 Å². The Balaban J connectivity index is 1.67. The molecular weight excluding hydrogens is 372 g/mol. The van der Waals surface area contributed by atoms with Gasteiger partial charge in [0.1, 0.15) is 5.54 Å². The fourth-order valence-corrected chi connectivity index (χ4v) is 4.92. The second-order valence-electron chi connectivity index (χ2n) is 8.01. The van der Waals surface area contributed by atoms with Crippen molar-refractivity contribution in [2.45, 2.75) is 45.1 Å². The number of carbonyl (C=O) groups is 2. The van der Waals surface area contributed by atoms with Crippen molar-refractivity contribution in [2.75, 3.05) is 18.0 Å². The molecule has 1 atom stereocenters. The zero-order valence-electron chi connectivity index (χ0n) is 16.4. The summed E-state index contributed by atoms with van der Waals surface area (Å²) in [6.45, 7) is 5.26. The Labute approximate surface area is 171 Å². The van der Waals surface area contributed by atoms with Crippen LogP contribution in [-0.2, 0) is 4.79 Å². The fraction of sp³-hybridized carbons (Fsp3) is 0.391. The maximum atomic E-state index is 13.6. The number of hydrogen-bond donors (Lipinski definition) is 0. The Hall–Kier alpha value is -2.33. The maximum absolute atomic E-state index is 13.6. The molecule has 5 heteroatoms. The summed E-state index contributed by atoms with van der Waals surface area (Å²) in [5.41, 5.74) is 2.84. The van der Waals surface area contributed by atoms with Crippen LogP contribution in [0.1, 0.15) is 47.2 Å². The molecule has 28 heavy (non-hydrogen) atoms. The number of piperidine rings is 1. The third-order valence-electron chi connectivity index (χ3n) is 5.98. The van der Waals surface area contributed by atoms with Gasteiger partial charge < -0.3 is 9.80 Å². The van der Waals surface area contributed by atoms with E-state index in [0.29, 0.717) is 23.7 Å². The molecule has 0 saturated carbocycles. The van der Waals surface area contributed by atoms with Crippen molar-refractivity contribution in [3.05, 3.63) is 64.2 Å². The maximum Gasteiger partial charge on any atom is 0.254 e. The molecule has 1 unspecified atom stereocenters. The van der Waals surface area contributed by atoms with Crippen LogP contribution in [0.15, 0.2) is 42.5 Å². The molecule has 2 heterocycles. The fourth-order valence-electron chi connectivity index (χ4n) is 4.63. The molecule has 4 nitrogen and oxygen atoms in total. The number of anilines is 1. The lowest BCUT2D eigenvalue weighted by Gasteiger charge is -2.44. The van der Waals surface area contributed by atoms with Gasteiger partial charge in [-0.3, -0.25) is 9.59 Å². The topological polar surface area (TPSA) is 40.6 Å². The summed E-state index contributed by atoms with van der Waals surface area (Å²) in [7, 11) is 0. The standard InChI is InChI=1S/C23H25ClN2O2/c1-16-5-7-20(8-6-16)25-11-3-9-23(22(25)28)10-4-12-26(23)21(27)18-13-17(2)14-19(24)15-18/h5-8,13-15H,3-4,9-12H2,1-2H3. The molecular formula is C23H25ClN2O2. The van der Waals surface area contributed by atoms with Crippen LogP contribution in [0.4, 0.5) is 5.69 Å². The zero-order valence-corrected chi connectivity index (χ0v) is 17.1. The molecule has 2 aliphatic rings. The van der Waals surface area contributed by atoms with E-state index in [0.717, 1.165) is 42.5 Å². The molecule has 0 aliphatic carbocycles. The number of nitrogens with zero attached hydrogens (tertiary/aromatic N) is 2. The Morgan fingerprint density at radius 2 is 1.64 bits per heavy atom. The Morgan fingerprint density at radius 1 is 0.964 bits per heavy atom. The third-order valence-corrected chi connectivity index (χ3v) is 6.20. The molecule has 2 saturated heterocycles. The van der Waals surface area contributed by atoms with E-state index < -0.39 is 5.54 Å². The van der Waals surface area contributed by atoms with E-state index in [2.05, 4.69) is 0 Å². The highest BCUT2D eigenvalue weighted by Crippen LogP contribution is 2.40. The summed E-state index contributed by atoms with van der Waals surface area (Å²) >= 11 is 6.18. The summed E-state index contributed by atoms with van der Waals surface area (Å²) in [6.07, 6.45) is 3.18. The Bertz CT molecular complexity index is 904. The van der Waals surface area contributed by atoms with E-state index in [1.54, 1.807) is 11.0 Å². The van der Waals surface area contributed by atoms with Gasteiger partial charge in [-0.15, -0.1) is 0 Å². The number of rotatable bonds is 2. The van der Waals surface area contributed by atoms with E-state index in [1.165, 1.54) is 0 Å². The highest BCUT2D eigenvalue weighted by atomic mass is 35.5. The van der Waals surface area contributed by atoms with Crippen molar-refractivity contribution < 1.29 is 9.59 Å². The van der Waals surface area contributed by atoms with Gasteiger partial charge in [-0.25, -0.2) is 0 Å². The predicted octanol–water partition coefficient (Wildman–Crippen LogP) is 4.76. The van der Waals surface area contributed by atoms with E-state index in [9.17, 15) is 9.59 Å². The van der Waals surface area contributed by atoms with E-state index in [-0.39, 0.29) is 11.8 Å². The summed E-state index contributed by atoms with van der Waals surface area (Å²) in [5.74, 6) is -0.0468. The van der Waals surface area contributed by atoms with Crippen LogP contribution in [0.3, 0.4) is 0 Å². The summed E-state index contributed by atoms with van der Waals surface area (Å²) < 4.78 is 0. The number of carbonyl (C=O) groups excluding carboxylic acids is 2. The minimum absolute atomic E-state index is 0.0483. The first-order valence-electron chi connectivity index (χ1n) is 9.88. The second kappa shape index (κ2) is 7.25. The highest BCUT2D eigenvalue weighted by molar-refractivity contribution is 6.31. The van der Waals surface area contributed by atoms with Crippen LogP contribution < -0.4 is 4.90 Å². The molecule has 146 valence electrons. The van der Waals surface area contributed by atoms with E-state index in [4.69, 9.17) is 11.6 Å². The van der Waals surface area contributed by atoms with Crippen molar-refractivity contribution >= 4 is 29.1 Å². The van der Waals surface area contributed by atoms with Gasteiger partial charge in [-0.2, -0.15) is 0 Å². The molecule has 1 spiro atoms. The van der Waals surface area contributed by atoms with Gasteiger partial charge in [0.05, 0.1) is 0 Å². The average Bonchev–Trinajstić information content (AvgIpc) is 3.08. The minimum atomic E-state index is -0.740. The smallest absolute Gasteiger partial charge is 0.254 e. The lowest BCUT2D eigenvalue weighted by atomic mass is 9.84. The molecule has 0 radical (unpaired) electrons. The lowest BCUT2D eigenvalue weighted by molar-refractivity contribution is -0.130. The van der Waals surface area contributed by atoms with Crippen LogP contribution in [0.2, 0.25) is 5.02 Å². The first-order chi connectivity index (χ1) is 13.4. The Kier molecular flexibility index (Phi) is 4.92. The van der Waals surface area contributed by atoms with Crippen molar-refractivity contribution in [3.8, 4) is 0 Å². The first kappa shape index (κ1) is 19.0. The number of halogens is 1. The van der Waals surface area contributed by atoms with E-state index in [1.807, 2.05) is 55.1 Å². The van der Waals surface area contributed by atoms with Crippen LogP contribution in [0, 0.1) is 13.8 Å². The van der Waals surface area contributed by atoms with Gasteiger partial charge in [-0.05, 0) is 75.4 Å². The molecule has 0 aromatic heterocycles. The highest BCUT2D eigenvalue weighted by Gasteiger charge is 2.53. The van der Waals surface area contributed by atoms with Gasteiger partial charge in [-0.1, -0.05) is 29.3 Å². The van der Waals surface area contributed by atoms with Gasteiger partial charge in [0.15, 0.2) is 0 Å². The molecule has 2 amide bonds. The van der Waals surface area contributed by atoms with Crippen molar-refractivity contribution in [3.63, 3.8) is 0 Å². The summed E-state index contributed by atoms with van der Waals surface area (Å²) in [6, 6.07) is 13.4. The minimum Gasteiger partial charge on any atom is -0.324 e. The number of hydrogen-bond acceptors (Lipinski definition) is 2. The van der Waals surface area contributed by atoms with Crippen molar-refractivity contribution in [1.29, 1.82) is 0 Å². The van der Waals surface area contributed by atoms with E-state index >= 15 is 0 Å². The monoisotopic (exact) mass is 396 g/mol. The van der Waals surface area contributed by atoms with Gasteiger partial charge in [0, 0.05) is 29.4 Å². The van der Waals surface area contributed by atoms with Crippen LogP contribution in [0.25, 0.3) is 0 Å². The zero-order chi connectivity index (χ0) is 19.9. The molecule has 2 aromatic carbocycles. The number of amides is 2. The normalized spacial score (nSPS) is 22.2. The lowest BCUT2D eigenvalue weighted by Crippen LogP contribution is -2.61. The number of likely N-dealkylation sites (tertiary alicyclic amines) is 1. The second-order valence-corrected chi connectivity index (χ2v) is 8.44. The molecule has 0 N–H and O–H groups in total. The third kappa shape index (κ3) is 3.20. The van der Waals surface area contributed by atoms with Crippen LogP contribution in [-0.4, -0.2) is 35.3 Å². The molecule has 2 aliphatic heterocycles. The Morgan fingerprint density at radius 3 is 2.32 bits per heavy atom. The van der Waals surface area contributed by atoms with Gasteiger partial charge in [0.2, 0.25) is 0 Å². The first-order valence-corrected chi connectivity index (χ1v) is 10.3. The molecule has 0 bridgehead atoms. The predicted molar refractivity (Wildman–Crippen MR) is 112 cm³/mol. The van der Waals surface area contributed by atoms with Crippen LogP contribution >= 0.6 is 11.6 Å². The SMILES string of the molecule is Cc1ccc(N2CCCC3(CCCN3C(=O)c3cc(C)cc(Cl)c3)C2=O)cc1. The van der Waals surface area contributed by atoms with Crippen molar-refractivity contribution in [2.24, 2.45) is 0 Å². The number of aryl methyl sites for hydroxylation is 2. The summed E-state index contributed by atoms with van der Waals surface area (Å²) in [4.78, 5) is 30.6. The average molecular weight is 397 g/mol. The molecule has 2 aromatic rings. The summed E-state index contributed by atoms with van der Waals surface area (Å²) in [5, 5.41) is 0.549. The van der Waals surface area contributed by atoms with Crippen molar-refractivity contribution in [1.82, 2.24) is 4.90 Å². The largest absolute Gasteiger partial charge is 0.324 e. The van der Waals surface area contributed by atoms with Crippen LogP contribution in [0.5, 0.6) is 0 Å². The molecule has 2 fully saturated rings. The quantitative estimate of drug-likeness (QED) is 0.734. The number of benzene rings is 2. The van der Waals surface area contributed by atoms with Gasteiger partial charge >= 0.3 is 0 Å².